The lowest BCUT2D eigenvalue weighted by molar-refractivity contribution is -0.123. The van der Waals surface area contributed by atoms with Crippen LogP contribution in [0.25, 0.3) is 0 Å². The van der Waals surface area contributed by atoms with E-state index in [-0.39, 0.29) is 18.9 Å². The minimum Gasteiger partial charge on any atom is -0.484 e. The van der Waals surface area contributed by atoms with Crippen molar-refractivity contribution in [3.8, 4) is 5.75 Å². The Balaban J connectivity index is 2.61. The second-order valence-electron chi connectivity index (χ2n) is 4.26. The smallest absolute Gasteiger partial charge is 0.257 e. The molecule has 0 saturated heterocycles. The first kappa shape index (κ1) is 16.4. The van der Waals surface area contributed by atoms with E-state index in [1.807, 2.05) is 0 Å². The number of benzene rings is 1. The zero-order chi connectivity index (χ0) is 15.8. The van der Waals surface area contributed by atoms with Gasteiger partial charge in [0.25, 0.3) is 5.91 Å². The summed E-state index contributed by atoms with van der Waals surface area (Å²) in [6, 6.07) is 5.44. The van der Waals surface area contributed by atoms with E-state index in [1.165, 1.54) is 13.1 Å². The monoisotopic (exact) mass is 294 g/mol. The number of primary amides is 1. The molecule has 114 valence electrons. The highest BCUT2D eigenvalue weighted by Crippen LogP contribution is 2.17. The van der Waals surface area contributed by atoms with Crippen molar-refractivity contribution in [2.24, 2.45) is 11.5 Å². The van der Waals surface area contributed by atoms with E-state index in [0.29, 0.717) is 11.4 Å². The molecule has 0 fully saturated rings. The summed E-state index contributed by atoms with van der Waals surface area (Å²) in [6.07, 6.45) is -0.237. The van der Waals surface area contributed by atoms with E-state index in [1.54, 1.807) is 18.2 Å². The van der Waals surface area contributed by atoms with Crippen LogP contribution < -0.4 is 26.8 Å². The molecular formula is C13H18N4O4. The first-order chi connectivity index (χ1) is 9.92. The highest BCUT2D eigenvalue weighted by atomic mass is 16.5. The van der Waals surface area contributed by atoms with Gasteiger partial charge in [-0.25, -0.2) is 0 Å². The van der Waals surface area contributed by atoms with Crippen LogP contribution >= 0.6 is 0 Å². The summed E-state index contributed by atoms with van der Waals surface area (Å²) in [5.74, 6) is -1.04. The zero-order valence-electron chi connectivity index (χ0n) is 11.6. The normalized spacial score (nSPS) is 11.3. The molecule has 0 radical (unpaired) electrons. The van der Waals surface area contributed by atoms with Gasteiger partial charge in [0.05, 0.1) is 12.5 Å². The molecule has 1 rings (SSSR count). The average Bonchev–Trinajstić information content (AvgIpc) is 2.44. The number of ether oxygens (including phenoxy) is 1. The Morgan fingerprint density at radius 3 is 2.67 bits per heavy atom. The third kappa shape index (κ3) is 5.91. The molecule has 8 nitrogen and oxygen atoms in total. The first-order valence-electron chi connectivity index (χ1n) is 6.20. The van der Waals surface area contributed by atoms with Crippen LogP contribution in [0, 0.1) is 0 Å². The van der Waals surface area contributed by atoms with E-state index in [9.17, 15) is 14.4 Å². The number of nitrogens with one attached hydrogen (secondary N) is 2. The molecule has 0 heterocycles. The summed E-state index contributed by atoms with van der Waals surface area (Å²) in [7, 11) is 1.50. The Morgan fingerprint density at radius 1 is 1.33 bits per heavy atom. The topological polar surface area (TPSA) is 137 Å². The van der Waals surface area contributed by atoms with Crippen LogP contribution in [0.3, 0.4) is 0 Å². The maximum Gasteiger partial charge on any atom is 0.257 e. The molecule has 6 N–H and O–H groups in total. The fourth-order valence-corrected chi connectivity index (χ4v) is 1.43. The van der Waals surface area contributed by atoms with E-state index < -0.39 is 17.9 Å². The molecule has 1 aromatic rings. The number of hydrogen-bond acceptors (Lipinski definition) is 5. The highest BCUT2D eigenvalue weighted by molar-refractivity contribution is 5.97. The largest absolute Gasteiger partial charge is 0.484 e. The van der Waals surface area contributed by atoms with E-state index in [2.05, 4.69) is 10.6 Å². The predicted molar refractivity (Wildman–Crippen MR) is 76.4 cm³/mol. The molecule has 8 heteroatoms. The number of amides is 3. The number of hydrogen-bond donors (Lipinski definition) is 4. The van der Waals surface area contributed by atoms with E-state index in [0.717, 1.165) is 0 Å². The van der Waals surface area contributed by atoms with Crippen LogP contribution in [-0.4, -0.2) is 37.4 Å². The average molecular weight is 294 g/mol. The predicted octanol–water partition coefficient (Wildman–Crippen LogP) is -1.05. The van der Waals surface area contributed by atoms with E-state index >= 15 is 0 Å². The molecule has 0 aromatic heterocycles. The third-order valence-electron chi connectivity index (χ3n) is 2.51. The lowest BCUT2D eigenvalue weighted by Gasteiger charge is -2.12. The third-order valence-corrected chi connectivity index (χ3v) is 2.51. The molecular weight excluding hydrogens is 276 g/mol. The van der Waals surface area contributed by atoms with Gasteiger partial charge in [-0.05, 0) is 12.1 Å². The Kier molecular flexibility index (Phi) is 6.15. The van der Waals surface area contributed by atoms with Gasteiger partial charge in [-0.2, -0.15) is 0 Å². The molecule has 21 heavy (non-hydrogen) atoms. The Labute approximate surface area is 121 Å². The van der Waals surface area contributed by atoms with Crippen LogP contribution in [-0.2, 0) is 14.4 Å². The maximum atomic E-state index is 11.7. The van der Waals surface area contributed by atoms with Crippen molar-refractivity contribution in [2.75, 3.05) is 19.0 Å². The Hall–Kier alpha value is -2.61. The number of carbonyl (C=O) groups excluding carboxylic acids is 3. The molecule has 0 saturated carbocycles. The van der Waals surface area contributed by atoms with Crippen molar-refractivity contribution < 1.29 is 19.1 Å². The quantitative estimate of drug-likeness (QED) is 0.509. The molecule has 3 amide bonds. The van der Waals surface area contributed by atoms with Gasteiger partial charge >= 0.3 is 0 Å². The molecule has 0 aliphatic rings. The minimum absolute atomic E-state index is 0.130. The van der Waals surface area contributed by atoms with Gasteiger partial charge in [-0.1, -0.05) is 6.07 Å². The minimum atomic E-state index is -1.02. The van der Waals surface area contributed by atoms with Gasteiger partial charge in [0.15, 0.2) is 6.61 Å². The van der Waals surface area contributed by atoms with Crippen molar-refractivity contribution in [2.45, 2.75) is 12.5 Å². The van der Waals surface area contributed by atoms with Crippen molar-refractivity contribution in [1.29, 1.82) is 0 Å². The second kappa shape index (κ2) is 7.85. The number of likely N-dealkylation sites (N-methyl/N-ethyl adjacent to an activating group) is 1. The number of nitrogens with two attached hydrogens (primary N) is 2. The molecule has 1 unspecified atom stereocenters. The van der Waals surface area contributed by atoms with Crippen LogP contribution in [0.15, 0.2) is 24.3 Å². The second-order valence-corrected chi connectivity index (χ2v) is 4.26. The first-order valence-corrected chi connectivity index (χ1v) is 6.20. The summed E-state index contributed by atoms with van der Waals surface area (Å²) in [5, 5.41) is 4.96. The molecule has 0 aliphatic carbocycles. The van der Waals surface area contributed by atoms with Crippen LogP contribution in [0.4, 0.5) is 5.69 Å². The maximum absolute atomic E-state index is 11.7. The van der Waals surface area contributed by atoms with Gasteiger partial charge < -0.3 is 26.8 Å². The van der Waals surface area contributed by atoms with Gasteiger partial charge in [0, 0.05) is 18.8 Å². The SMILES string of the molecule is CNC(=O)COc1cccc(NC(=O)C(N)CC(N)=O)c1. The fourth-order valence-electron chi connectivity index (χ4n) is 1.43. The van der Waals surface area contributed by atoms with Crippen molar-refractivity contribution >= 4 is 23.4 Å². The van der Waals surface area contributed by atoms with Gasteiger partial charge in [-0.3, -0.25) is 14.4 Å². The summed E-state index contributed by atoms with van der Waals surface area (Å²) in [6.45, 7) is -0.130. The lowest BCUT2D eigenvalue weighted by Crippen LogP contribution is -2.38. The van der Waals surface area contributed by atoms with Gasteiger partial charge in [0.2, 0.25) is 11.8 Å². The summed E-state index contributed by atoms with van der Waals surface area (Å²) in [4.78, 5) is 33.5. The molecule has 1 atom stereocenters. The number of rotatable bonds is 7. The van der Waals surface area contributed by atoms with Crippen LogP contribution in [0.5, 0.6) is 5.75 Å². The van der Waals surface area contributed by atoms with Crippen molar-refractivity contribution in [3.05, 3.63) is 24.3 Å². The Morgan fingerprint density at radius 2 is 2.05 bits per heavy atom. The van der Waals surface area contributed by atoms with Crippen molar-refractivity contribution in [1.82, 2.24) is 5.32 Å². The standard InChI is InChI=1S/C13H18N4O4/c1-16-12(19)7-21-9-4-2-3-8(5-9)17-13(20)10(14)6-11(15)18/h2-5,10H,6-7,14H2,1H3,(H2,15,18)(H,16,19)(H,17,20). The molecule has 0 aliphatic heterocycles. The molecule has 0 spiro atoms. The highest BCUT2D eigenvalue weighted by Gasteiger charge is 2.16. The lowest BCUT2D eigenvalue weighted by atomic mass is 10.2. The zero-order valence-corrected chi connectivity index (χ0v) is 11.6. The number of carbonyl (C=O) groups is 3. The fraction of sp³-hybridized carbons (Fsp3) is 0.308. The van der Waals surface area contributed by atoms with Crippen LogP contribution in [0.2, 0.25) is 0 Å². The molecule has 1 aromatic carbocycles. The van der Waals surface area contributed by atoms with Crippen LogP contribution in [0.1, 0.15) is 6.42 Å². The van der Waals surface area contributed by atoms with Gasteiger partial charge in [0.1, 0.15) is 5.75 Å². The summed E-state index contributed by atoms with van der Waals surface area (Å²) < 4.78 is 5.24. The van der Waals surface area contributed by atoms with E-state index in [4.69, 9.17) is 16.2 Å². The van der Waals surface area contributed by atoms with Gasteiger partial charge in [-0.15, -0.1) is 0 Å². The molecule has 0 bridgehead atoms. The van der Waals surface area contributed by atoms with Crippen molar-refractivity contribution in [3.63, 3.8) is 0 Å². The Bertz CT molecular complexity index is 533. The summed E-state index contributed by atoms with van der Waals surface area (Å²) in [5.41, 5.74) is 10.9. The number of anilines is 1. The summed E-state index contributed by atoms with van der Waals surface area (Å²) >= 11 is 0.